The Morgan fingerprint density at radius 1 is 1.23 bits per heavy atom. The highest BCUT2D eigenvalue weighted by atomic mass is 28.3. The molecule has 0 bridgehead atoms. The van der Waals surface area contributed by atoms with Crippen molar-refractivity contribution < 1.29 is 5.11 Å². The first-order chi connectivity index (χ1) is 5.83. The molecular weight excluding hydrogens is 176 g/mol. The van der Waals surface area contributed by atoms with Crippen molar-refractivity contribution in [3.63, 3.8) is 0 Å². The van der Waals surface area contributed by atoms with E-state index in [1.165, 1.54) is 0 Å². The second kappa shape index (κ2) is 5.46. The molecule has 0 rings (SSSR count). The molecule has 0 saturated heterocycles. The molecule has 2 atom stereocenters. The minimum Gasteiger partial charge on any atom is -0.393 e. The minimum atomic E-state index is -1.18. The number of hydrogen-bond acceptors (Lipinski definition) is 1. The summed E-state index contributed by atoms with van der Waals surface area (Å²) < 4.78 is 0. The normalized spacial score (nSPS) is 15.8. The van der Waals surface area contributed by atoms with Crippen LogP contribution in [0.3, 0.4) is 0 Å². The van der Waals surface area contributed by atoms with Crippen LogP contribution in [0, 0.1) is 17.4 Å². The molecule has 76 valence electrons. The van der Waals surface area contributed by atoms with Crippen LogP contribution < -0.4 is 0 Å². The molecule has 0 aromatic carbocycles. The molecule has 0 spiro atoms. The van der Waals surface area contributed by atoms with E-state index in [4.69, 9.17) is 0 Å². The van der Waals surface area contributed by atoms with Crippen molar-refractivity contribution >= 4 is 8.07 Å². The Morgan fingerprint density at radius 3 is 2.15 bits per heavy atom. The molecule has 13 heavy (non-hydrogen) atoms. The highest BCUT2D eigenvalue weighted by Gasteiger charge is 2.08. The quantitative estimate of drug-likeness (QED) is 0.546. The molecule has 0 aromatic rings. The van der Waals surface area contributed by atoms with Crippen LogP contribution in [0.5, 0.6) is 0 Å². The Balaban J connectivity index is 3.72. The summed E-state index contributed by atoms with van der Waals surface area (Å²) in [7, 11) is -1.18. The highest BCUT2D eigenvalue weighted by molar-refractivity contribution is 6.83. The maximum atomic E-state index is 9.24. The summed E-state index contributed by atoms with van der Waals surface area (Å²) in [5.41, 5.74) is 3.32. The van der Waals surface area contributed by atoms with Gasteiger partial charge in [0.15, 0.2) is 0 Å². The van der Waals surface area contributed by atoms with Crippen molar-refractivity contribution in [1.29, 1.82) is 0 Å². The summed E-state index contributed by atoms with van der Waals surface area (Å²) in [6, 6.07) is 0. The lowest BCUT2D eigenvalue weighted by atomic mass is 10.0. The fourth-order valence-corrected chi connectivity index (χ4v) is 1.52. The van der Waals surface area contributed by atoms with Crippen LogP contribution >= 0.6 is 0 Å². The Hall–Kier alpha value is -0.263. The van der Waals surface area contributed by atoms with Crippen LogP contribution in [-0.2, 0) is 0 Å². The SMILES string of the molecule is C[C@H](O)[C@@H](C)CCC#C[Si](C)(C)C. The van der Waals surface area contributed by atoms with Gasteiger partial charge in [-0.2, -0.15) is 0 Å². The van der Waals surface area contributed by atoms with Gasteiger partial charge in [-0.15, -0.1) is 11.5 Å². The lowest BCUT2D eigenvalue weighted by molar-refractivity contribution is 0.131. The summed E-state index contributed by atoms with van der Waals surface area (Å²) in [5, 5.41) is 9.24. The van der Waals surface area contributed by atoms with Gasteiger partial charge < -0.3 is 5.11 Å². The number of hydrogen-bond donors (Lipinski definition) is 1. The third-order valence-electron chi connectivity index (χ3n) is 2.01. The van der Waals surface area contributed by atoms with E-state index in [0.717, 1.165) is 12.8 Å². The van der Waals surface area contributed by atoms with Gasteiger partial charge in [0.25, 0.3) is 0 Å². The van der Waals surface area contributed by atoms with Crippen LogP contribution in [0.25, 0.3) is 0 Å². The van der Waals surface area contributed by atoms with E-state index in [-0.39, 0.29) is 6.10 Å². The molecule has 2 heteroatoms. The third kappa shape index (κ3) is 8.08. The zero-order valence-electron chi connectivity index (χ0n) is 9.52. The molecular formula is C11H22OSi. The summed E-state index contributed by atoms with van der Waals surface area (Å²) in [4.78, 5) is 0. The predicted octanol–water partition coefficient (Wildman–Crippen LogP) is 2.66. The van der Waals surface area contributed by atoms with E-state index >= 15 is 0 Å². The van der Waals surface area contributed by atoms with E-state index in [9.17, 15) is 5.11 Å². The number of rotatable bonds is 3. The molecule has 0 saturated carbocycles. The van der Waals surface area contributed by atoms with E-state index < -0.39 is 8.07 Å². The van der Waals surface area contributed by atoms with Crippen LogP contribution in [0.15, 0.2) is 0 Å². The van der Waals surface area contributed by atoms with E-state index in [0.29, 0.717) is 5.92 Å². The van der Waals surface area contributed by atoms with Crippen molar-refractivity contribution in [3.8, 4) is 11.5 Å². The second-order valence-corrected chi connectivity index (χ2v) is 9.56. The first kappa shape index (κ1) is 12.7. The Labute approximate surface area is 83.6 Å². The van der Waals surface area contributed by atoms with E-state index in [2.05, 4.69) is 38.0 Å². The summed E-state index contributed by atoms with van der Waals surface area (Å²) in [5.74, 6) is 3.58. The van der Waals surface area contributed by atoms with Crippen LogP contribution in [-0.4, -0.2) is 19.3 Å². The average molecular weight is 198 g/mol. The topological polar surface area (TPSA) is 20.2 Å². The van der Waals surface area contributed by atoms with Crippen molar-refractivity contribution in [3.05, 3.63) is 0 Å². The van der Waals surface area contributed by atoms with Crippen molar-refractivity contribution in [1.82, 2.24) is 0 Å². The molecule has 1 nitrogen and oxygen atoms in total. The minimum absolute atomic E-state index is 0.200. The maximum Gasteiger partial charge on any atom is 0.129 e. The molecule has 0 fully saturated rings. The fraction of sp³-hybridized carbons (Fsp3) is 0.818. The van der Waals surface area contributed by atoms with Crippen LogP contribution in [0.1, 0.15) is 26.7 Å². The van der Waals surface area contributed by atoms with E-state index in [1.54, 1.807) is 0 Å². The highest BCUT2D eigenvalue weighted by Crippen LogP contribution is 2.09. The molecule has 0 amide bonds. The van der Waals surface area contributed by atoms with Gasteiger partial charge in [0, 0.05) is 6.42 Å². The standard InChI is InChI=1S/C11H22OSi/c1-10(11(2)12)8-6-7-9-13(3,4)5/h10-12H,6,8H2,1-5H3/t10-,11-/m0/s1. The second-order valence-electron chi connectivity index (χ2n) is 4.81. The van der Waals surface area contributed by atoms with Crippen LogP contribution in [0.4, 0.5) is 0 Å². The molecule has 0 heterocycles. The molecule has 1 N–H and O–H groups in total. The molecule has 0 aliphatic carbocycles. The Bertz CT molecular complexity index is 192. The molecule has 0 unspecified atom stereocenters. The molecule has 0 radical (unpaired) electrons. The smallest absolute Gasteiger partial charge is 0.129 e. The fourth-order valence-electron chi connectivity index (χ4n) is 0.869. The largest absolute Gasteiger partial charge is 0.393 e. The van der Waals surface area contributed by atoms with Gasteiger partial charge in [0.05, 0.1) is 6.10 Å². The summed E-state index contributed by atoms with van der Waals surface area (Å²) in [6.45, 7) is 10.7. The first-order valence-electron chi connectivity index (χ1n) is 5.01. The Morgan fingerprint density at radius 2 is 1.77 bits per heavy atom. The first-order valence-corrected chi connectivity index (χ1v) is 8.51. The maximum absolute atomic E-state index is 9.24. The molecule has 0 aromatic heterocycles. The lowest BCUT2D eigenvalue weighted by Gasteiger charge is -2.12. The third-order valence-corrected chi connectivity index (χ3v) is 2.94. The lowest BCUT2D eigenvalue weighted by Crippen LogP contribution is -2.16. The van der Waals surface area contributed by atoms with Gasteiger partial charge in [0.2, 0.25) is 0 Å². The van der Waals surface area contributed by atoms with Gasteiger partial charge in [-0.25, -0.2) is 0 Å². The van der Waals surface area contributed by atoms with Gasteiger partial charge in [0.1, 0.15) is 8.07 Å². The van der Waals surface area contributed by atoms with Crippen molar-refractivity contribution in [2.75, 3.05) is 0 Å². The zero-order valence-corrected chi connectivity index (χ0v) is 10.5. The number of aliphatic hydroxyl groups excluding tert-OH is 1. The summed E-state index contributed by atoms with van der Waals surface area (Å²) in [6.07, 6.45) is 1.74. The number of aliphatic hydroxyl groups is 1. The van der Waals surface area contributed by atoms with Crippen molar-refractivity contribution in [2.24, 2.45) is 5.92 Å². The van der Waals surface area contributed by atoms with Crippen LogP contribution in [0.2, 0.25) is 19.6 Å². The summed E-state index contributed by atoms with van der Waals surface area (Å²) >= 11 is 0. The predicted molar refractivity (Wildman–Crippen MR) is 61.2 cm³/mol. The molecule has 0 aliphatic rings. The van der Waals surface area contributed by atoms with E-state index in [1.807, 2.05) is 6.92 Å². The zero-order chi connectivity index (χ0) is 10.5. The van der Waals surface area contributed by atoms with Gasteiger partial charge in [-0.1, -0.05) is 26.6 Å². The van der Waals surface area contributed by atoms with Gasteiger partial charge in [-0.05, 0) is 19.3 Å². The molecule has 0 aliphatic heterocycles. The van der Waals surface area contributed by atoms with Gasteiger partial charge in [-0.3, -0.25) is 0 Å². The Kier molecular flexibility index (Phi) is 5.35. The van der Waals surface area contributed by atoms with Crippen molar-refractivity contribution in [2.45, 2.75) is 52.4 Å². The monoisotopic (exact) mass is 198 g/mol. The van der Waals surface area contributed by atoms with Gasteiger partial charge >= 0.3 is 0 Å². The average Bonchev–Trinajstić information content (AvgIpc) is 1.95.